The lowest BCUT2D eigenvalue weighted by Gasteiger charge is -2.30. The Morgan fingerprint density at radius 2 is 1.48 bits per heavy atom. The number of aliphatic hydroxyl groups is 1. The number of aliphatic hydroxyl groups excluding tert-OH is 1. The third-order valence-electron chi connectivity index (χ3n) is 3.70. The Balaban J connectivity index is 1.80. The van der Waals surface area contributed by atoms with Crippen LogP contribution in [0.2, 0.25) is 0 Å². The minimum atomic E-state index is -0.364. The van der Waals surface area contributed by atoms with Crippen molar-refractivity contribution in [2.45, 2.75) is 31.3 Å². The second-order valence-electron chi connectivity index (χ2n) is 5.33. The van der Waals surface area contributed by atoms with E-state index >= 15 is 0 Å². The summed E-state index contributed by atoms with van der Waals surface area (Å²) in [7, 11) is 0. The fourth-order valence-corrected chi connectivity index (χ4v) is 2.58. The monoisotopic (exact) mass is 284 g/mol. The predicted molar refractivity (Wildman–Crippen MR) is 80.8 cm³/mol. The first-order valence-electron chi connectivity index (χ1n) is 7.38. The van der Waals surface area contributed by atoms with Crippen LogP contribution in [0.15, 0.2) is 60.7 Å². The fraction of sp³-hybridized carbons (Fsp3) is 0.333. The highest BCUT2D eigenvalue weighted by Gasteiger charge is 2.25. The minimum absolute atomic E-state index is 0.146. The molecular weight excluding hydrogens is 264 g/mol. The van der Waals surface area contributed by atoms with E-state index < -0.39 is 0 Å². The first kappa shape index (κ1) is 14.3. The molecule has 110 valence electrons. The number of ether oxygens (including phenoxy) is 2. The fourth-order valence-electron chi connectivity index (χ4n) is 2.58. The molecule has 2 aromatic rings. The number of rotatable bonds is 4. The van der Waals surface area contributed by atoms with Crippen LogP contribution in [0.3, 0.4) is 0 Å². The van der Waals surface area contributed by atoms with Crippen LogP contribution >= 0.6 is 0 Å². The van der Waals surface area contributed by atoms with Gasteiger partial charge in [-0.2, -0.15) is 0 Å². The maximum atomic E-state index is 9.51. The molecule has 0 aliphatic carbocycles. The Hall–Kier alpha value is -1.68. The van der Waals surface area contributed by atoms with Crippen molar-refractivity contribution in [2.75, 3.05) is 6.61 Å². The van der Waals surface area contributed by atoms with Crippen LogP contribution in [-0.2, 0) is 9.47 Å². The molecular formula is C18H20O3. The average molecular weight is 284 g/mol. The Bertz CT molecular complexity index is 493. The second kappa shape index (κ2) is 6.85. The lowest BCUT2D eigenvalue weighted by atomic mass is 10.0. The molecule has 0 saturated carbocycles. The molecule has 2 aromatic carbocycles. The molecule has 3 nitrogen and oxygen atoms in total. The van der Waals surface area contributed by atoms with Gasteiger partial charge in [-0.3, -0.25) is 0 Å². The largest absolute Gasteiger partial charge is 0.391 e. The zero-order chi connectivity index (χ0) is 14.5. The quantitative estimate of drug-likeness (QED) is 0.936. The minimum Gasteiger partial charge on any atom is -0.391 e. The molecule has 1 fully saturated rings. The summed E-state index contributed by atoms with van der Waals surface area (Å²) in [6.07, 6.45) is 0.668. The number of hydrogen-bond donors (Lipinski definition) is 1. The van der Waals surface area contributed by atoms with Gasteiger partial charge in [0, 0.05) is 6.42 Å². The molecule has 0 amide bonds. The Labute approximate surface area is 125 Å². The van der Waals surface area contributed by atoms with Gasteiger partial charge in [0.05, 0.1) is 12.7 Å². The highest BCUT2D eigenvalue weighted by molar-refractivity contribution is 5.29. The van der Waals surface area contributed by atoms with E-state index in [2.05, 4.69) is 24.3 Å². The SMILES string of the molecule is OC1CCC(OC(c2ccccc2)c2ccccc2)OC1. The molecule has 0 radical (unpaired) electrons. The first-order valence-corrected chi connectivity index (χ1v) is 7.38. The summed E-state index contributed by atoms with van der Waals surface area (Å²) in [4.78, 5) is 0. The maximum Gasteiger partial charge on any atom is 0.159 e. The molecule has 1 heterocycles. The van der Waals surface area contributed by atoms with Crippen molar-refractivity contribution in [3.63, 3.8) is 0 Å². The standard InChI is InChI=1S/C18H20O3/c19-16-11-12-17(20-13-16)21-18(14-7-3-1-4-8-14)15-9-5-2-6-10-15/h1-10,16-19H,11-13H2. The van der Waals surface area contributed by atoms with Crippen LogP contribution < -0.4 is 0 Å². The maximum absolute atomic E-state index is 9.51. The van der Waals surface area contributed by atoms with Gasteiger partial charge in [0.15, 0.2) is 6.29 Å². The van der Waals surface area contributed by atoms with E-state index in [1.165, 1.54) is 0 Å². The van der Waals surface area contributed by atoms with Crippen molar-refractivity contribution < 1.29 is 14.6 Å². The number of benzene rings is 2. The van der Waals surface area contributed by atoms with Crippen molar-refractivity contribution in [1.82, 2.24) is 0 Å². The van der Waals surface area contributed by atoms with Gasteiger partial charge in [-0.1, -0.05) is 60.7 Å². The Morgan fingerprint density at radius 3 is 1.95 bits per heavy atom. The highest BCUT2D eigenvalue weighted by atomic mass is 16.7. The predicted octanol–water partition coefficient (Wildman–Crippen LogP) is 3.29. The van der Waals surface area contributed by atoms with Gasteiger partial charge >= 0.3 is 0 Å². The first-order chi connectivity index (χ1) is 10.3. The summed E-state index contributed by atoms with van der Waals surface area (Å²) in [5.41, 5.74) is 2.22. The van der Waals surface area contributed by atoms with E-state index in [0.29, 0.717) is 6.61 Å². The van der Waals surface area contributed by atoms with Gasteiger partial charge < -0.3 is 14.6 Å². The molecule has 2 unspecified atom stereocenters. The molecule has 1 saturated heterocycles. The Kier molecular flexibility index (Phi) is 4.65. The van der Waals surface area contributed by atoms with E-state index in [0.717, 1.165) is 24.0 Å². The Morgan fingerprint density at radius 1 is 0.905 bits per heavy atom. The molecule has 1 N–H and O–H groups in total. The van der Waals surface area contributed by atoms with E-state index in [4.69, 9.17) is 9.47 Å². The summed E-state index contributed by atoms with van der Waals surface area (Å²) in [6, 6.07) is 20.3. The van der Waals surface area contributed by atoms with Crippen LogP contribution in [-0.4, -0.2) is 24.1 Å². The highest BCUT2D eigenvalue weighted by Crippen LogP contribution is 2.29. The van der Waals surface area contributed by atoms with Gasteiger partial charge in [0.2, 0.25) is 0 Å². The van der Waals surface area contributed by atoms with Crippen molar-refractivity contribution in [3.05, 3.63) is 71.8 Å². The topological polar surface area (TPSA) is 38.7 Å². The molecule has 0 bridgehead atoms. The summed E-state index contributed by atoms with van der Waals surface area (Å²) < 4.78 is 11.8. The zero-order valence-electron chi connectivity index (χ0n) is 11.9. The van der Waals surface area contributed by atoms with E-state index in [1.54, 1.807) is 0 Å². The van der Waals surface area contributed by atoms with Crippen LogP contribution in [0.5, 0.6) is 0 Å². The van der Waals surface area contributed by atoms with Crippen molar-refractivity contribution in [2.24, 2.45) is 0 Å². The summed E-state index contributed by atoms with van der Waals surface area (Å²) in [5.74, 6) is 0. The van der Waals surface area contributed by atoms with E-state index in [1.807, 2.05) is 36.4 Å². The summed E-state index contributed by atoms with van der Waals surface area (Å²) >= 11 is 0. The van der Waals surface area contributed by atoms with Crippen molar-refractivity contribution in [1.29, 1.82) is 0 Å². The lowest BCUT2D eigenvalue weighted by Crippen LogP contribution is -2.32. The van der Waals surface area contributed by atoms with E-state index in [-0.39, 0.29) is 18.5 Å². The molecule has 1 aliphatic heterocycles. The second-order valence-corrected chi connectivity index (χ2v) is 5.33. The molecule has 0 spiro atoms. The molecule has 0 aromatic heterocycles. The van der Waals surface area contributed by atoms with Crippen LogP contribution in [0.1, 0.15) is 30.1 Å². The summed E-state index contributed by atoms with van der Waals surface area (Å²) in [5, 5.41) is 9.51. The van der Waals surface area contributed by atoms with Crippen molar-refractivity contribution >= 4 is 0 Å². The third-order valence-corrected chi connectivity index (χ3v) is 3.70. The smallest absolute Gasteiger partial charge is 0.159 e. The van der Waals surface area contributed by atoms with Gasteiger partial charge in [0.25, 0.3) is 0 Å². The van der Waals surface area contributed by atoms with Crippen LogP contribution in [0.25, 0.3) is 0 Å². The molecule has 1 aliphatic rings. The molecule has 2 atom stereocenters. The van der Waals surface area contributed by atoms with Gasteiger partial charge in [-0.25, -0.2) is 0 Å². The van der Waals surface area contributed by atoms with Crippen molar-refractivity contribution in [3.8, 4) is 0 Å². The van der Waals surface area contributed by atoms with Gasteiger partial charge in [-0.15, -0.1) is 0 Å². The van der Waals surface area contributed by atoms with Crippen LogP contribution in [0.4, 0.5) is 0 Å². The summed E-state index contributed by atoms with van der Waals surface area (Å²) in [6.45, 7) is 0.348. The normalized spacial score (nSPS) is 22.4. The zero-order valence-corrected chi connectivity index (χ0v) is 11.9. The molecule has 21 heavy (non-hydrogen) atoms. The van der Waals surface area contributed by atoms with E-state index in [9.17, 15) is 5.11 Å². The lowest BCUT2D eigenvalue weighted by molar-refractivity contribution is -0.202. The van der Waals surface area contributed by atoms with Gasteiger partial charge in [0.1, 0.15) is 6.10 Å². The molecule has 3 heteroatoms. The van der Waals surface area contributed by atoms with Gasteiger partial charge in [-0.05, 0) is 17.5 Å². The number of hydrogen-bond acceptors (Lipinski definition) is 3. The average Bonchev–Trinajstić information content (AvgIpc) is 2.56. The molecule has 3 rings (SSSR count). The van der Waals surface area contributed by atoms with Crippen LogP contribution in [0, 0.1) is 0 Å². The third kappa shape index (κ3) is 3.70.